The Balaban J connectivity index is 0. The Morgan fingerprint density at radius 3 is 1.25 bits per heavy atom. The van der Waals surface area contributed by atoms with Crippen molar-refractivity contribution >= 4 is 23.3 Å². The second-order valence-electron chi connectivity index (χ2n) is 1.71. The Labute approximate surface area is 63.3 Å². The zero-order valence-corrected chi connectivity index (χ0v) is 7.51. The first kappa shape index (κ1) is 11.5. The lowest BCUT2D eigenvalue weighted by Gasteiger charge is -1.86. The van der Waals surface area contributed by atoms with Crippen LogP contribution in [0.2, 0.25) is 0 Å². The van der Waals surface area contributed by atoms with Gasteiger partial charge in [-0.05, 0) is 0 Å². The van der Waals surface area contributed by atoms with Gasteiger partial charge in [0.25, 0.3) is 0 Å². The molecule has 0 aliphatic carbocycles. The van der Waals surface area contributed by atoms with Crippen LogP contribution in [0.1, 0.15) is 39.5 Å². The molecule has 0 aliphatic rings. The quantitative estimate of drug-likeness (QED) is 0.346. The van der Waals surface area contributed by atoms with Crippen LogP contribution < -0.4 is 0 Å². The van der Waals surface area contributed by atoms with Gasteiger partial charge in [-0.1, -0.05) is 39.5 Å². The highest BCUT2D eigenvalue weighted by Crippen LogP contribution is 1.95. The molecule has 0 saturated heterocycles. The van der Waals surface area contributed by atoms with Crippen molar-refractivity contribution in [3.05, 3.63) is 0 Å². The minimum Gasteiger partial charge on any atom is -0.115 e. The van der Waals surface area contributed by atoms with Gasteiger partial charge in [-0.15, -0.1) is 23.3 Å². The lowest BCUT2D eigenvalue weighted by Crippen LogP contribution is -1.66. The van der Waals surface area contributed by atoms with E-state index in [-0.39, 0.29) is 0 Å². The maximum absolute atomic E-state index is 3.22. The topological polar surface area (TPSA) is 0 Å². The standard InChI is InChI=1S/C6H14.H2S2/c1-3-5-6-4-2;1-2/h3-6H2,1-2H3;1-2H. The zero-order chi connectivity index (χ0) is 6.83. The molecule has 0 bridgehead atoms. The molecule has 0 atom stereocenters. The molecule has 0 unspecified atom stereocenters. The van der Waals surface area contributed by atoms with Crippen molar-refractivity contribution in [1.29, 1.82) is 0 Å². The largest absolute Gasteiger partial charge is 0.115 e. The van der Waals surface area contributed by atoms with Gasteiger partial charge in [0.1, 0.15) is 0 Å². The van der Waals surface area contributed by atoms with Crippen LogP contribution in [-0.4, -0.2) is 0 Å². The summed E-state index contributed by atoms with van der Waals surface area (Å²) in [6, 6.07) is 0. The van der Waals surface area contributed by atoms with E-state index in [1.54, 1.807) is 0 Å². The highest BCUT2D eigenvalue weighted by atomic mass is 33.1. The molecule has 0 amide bonds. The lowest BCUT2D eigenvalue weighted by atomic mass is 10.2. The molecule has 0 aliphatic heterocycles. The van der Waals surface area contributed by atoms with Crippen LogP contribution in [0.5, 0.6) is 0 Å². The maximum atomic E-state index is 3.22. The molecule has 52 valence electrons. The average molecular weight is 152 g/mol. The van der Waals surface area contributed by atoms with Crippen molar-refractivity contribution in [2.24, 2.45) is 0 Å². The molecule has 0 heterocycles. The molecule has 0 aromatic rings. The first-order chi connectivity index (χ1) is 3.91. The lowest BCUT2D eigenvalue weighted by molar-refractivity contribution is 0.702. The smallest absolute Gasteiger partial charge is 0.0536 e. The third-order valence-electron chi connectivity index (χ3n) is 0.957. The molecule has 0 nitrogen and oxygen atoms in total. The highest BCUT2D eigenvalue weighted by Gasteiger charge is 1.75. The zero-order valence-electron chi connectivity index (χ0n) is 5.72. The fourth-order valence-corrected chi connectivity index (χ4v) is 0.500. The van der Waals surface area contributed by atoms with Crippen molar-refractivity contribution in [3.63, 3.8) is 0 Å². The summed E-state index contributed by atoms with van der Waals surface area (Å²) in [6.07, 6.45) is 5.54. The Bertz CT molecular complexity index is 18.5. The van der Waals surface area contributed by atoms with Gasteiger partial charge in [0.05, 0.1) is 0 Å². The summed E-state index contributed by atoms with van der Waals surface area (Å²) in [4.78, 5) is 0. The number of unbranched alkanes of at least 4 members (excludes halogenated alkanes) is 3. The van der Waals surface area contributed by atoms with Crippen LogP contribution in [-0.2, 0) is 0 Å². The van der Waals surface area contributed by atoms with Crippen molar-refractivity contribution < 1.29 is 0 Å². The van der Waals surface area contributed by atoms with Crippen LogP contribution >= 0.6 is 23.3 Å². The monoisotopic (exact) mass is 152 g/mol. The maximum Gasteiger partial charge on any atom is -0.0536 e. The van der Waals surface area contributed by atoms with Gasteiger partial charge in [-0.3, -0.25) is 0 Å². The number of thiol groups is 2. The van der Waals surface area contributed by atoms with E-state index in [4.69, 9.17) is 0 Å². The molecule has 0 rings (SSSR count). The van der Waals surface area contributed by atoms with Crippen molar-refractivity contribution in [1.82, 2.24) is 0 Å². The van der Waals surface area contributed by atoms with E-state index in [0.717, 1.165) is 0 Å². The Morgan fingerprint density at radius 2 is 1.12 bits per heavy atom. The Hall–Kier alpha value is 0.700. The molecule has 0 aromatic carbocycles. The van der Waals surface area contributed by atoms with Crippen LogP contribution in [0, 0.1) is 0 Å². The minimum absolute atomic E-state index is 1.36. The van der Waals surface area contributed by atoms with E-state index >= 15 is 0 Å². The Morgan fingerprint density at radius 1 is 0.875 bits per heavy atom. The summed E-state index contributed by atoms with van der Waals surface area (Å²) < 4.78 is 0. The molecular weight excluding hydrogens is 136 g/mol. The van der Waals surface area contributed by atoms with Gasteiger partial charge in [0.2, 0.25) is 0 Å². The molecule has 0 fully saturated rings. The third-order valence-corrected chi connectivity index (χ3v) is 0.957. The minimum atomic E-state index is 1.36. The summed E-state index contributed by atoms with van der Waals surface area (Å²) >= 11 is 6.44. The SMILES string of the molecule is CCCCCC.SS. The van der Waals surface area contributed by atoms with Gasteiger partial charge in [0.15, 0.2) is 0 Å². The predicted molar refractivity (Wildman–Crippen MR) is 47.8 cm³/mol. The van der Waals surface area contributed by atoms with Gasteiger partial charge in [-0.25, -0.2) is 0 Å². The molecule has 8 heavy (non-hydrogen) atoms. The Kier molecular flexibility index (Phi) is 22.5. The van der Waals surface area contributed by atoms with Crippen LogP contribution in [0.4, 0.5) is 0 Å². The van der Waals surface area contributed by atoms with Crippen LogP contribution in [0.15, 0.2) is 0 Å². The van der Waals surface area contributed by atoms with Gasteiger partial charge < -0.3 is 0 Å². The normalized spacial score (nSPS) is 7.50. The molecule has 2 heteroatoms. The van der Waals surface area contributed by atoms with Crippen LogP contribution in [0.3, 0.4) is 0 Å². The molecule has 0 spiro atoms. The van der Waals surface area contributed by atoms with E-state index in [2.05, 4.69) is 37.2 Å². The van der Waals surface area contributed by atoms with Crippen molar-refractivity contribution in [2.45, 2.75) is 39.5 Å². The first-order valence-electron chi connectivity index (χ1n) is 3.11. The average Bonchev–Trinajstić information content (AvgIpc) is 1.88. The number of rotatable bonds is 3. The van der Waals surface area contributed by atoms with E-state index in [1.807, 2.05) is 0 Å². The van der Waals surface area contributed by atoms with Crippen molar-refractivity contribution in [3.8, 4) is 0 Å². The van der Waals surface area contributed by atoms with E-state index < -0.39 is 0 Å². The summed E-state index contributed by atoms with van der Waals surface area (Å²) in [5.74, 6) is 0. The summed E-state index contributed by atoms with van der Waals surface area (Å²) in [6.45, 7) is 4.46. The van der Waals surface area contributed by atoms with Crippen molar-refractivity contribution in [2.75, 3.05) is 0 Å². The summed E-state index contributed by atoms with van der Waals surface area (Å²) in [5.41, 5.74) is 0. The molecule has 0 aromatic heterocycles. The first-order valence-corrected chi connectivity index (χ1v) is 4.71. The fraction of sp³-hybridized carbons (Fsp3) is 1.00. The molecule has 0 radical (unpaired) electrons. The third kappa shape index (κ3) is 15.9. The van der Waals surface area contributed by atoms with E-state index in [0.29, 0.717) is 0 Å². The second-order valence-corrected chi connectivity index (χ2v) is 1.71. The molecule has 0 saturated carbocycles. The second kappa shape index (κ2) is 15.6. The molecule has 0 N–H and O–H groups in total. The number of hydrogen-bond acceptors (Lipinski definition) is 2. The van der Waals surface area contributed by atoms with E-state index in [9.17, 15) is 0 Å². The van der Waals surface area contributed by atoms with Crippen LogP contribution in [0.25, 0.3) is 0 Å². The number of hydrogen-bond donors (Lipinski definition) is 2. The predicted octanol–water partition coefficient (Wildman–Crippen LogP) is 3.35. The summed E-state index contributed by atoms with van der Waals surface area (Å²) in [7, 11) is 0. The van der Waals surface area contributed by atoms with Gasteiger partial charge in [0, 0.05) is 0 Å². The van der Waals surface area contributed by atoms with E-state index in [1.165, 1.54) is 25.7 Å². The molecular formula is C6H16S2. The fourth-order valence-electron chi connectivity index (χ4n) is 0.500. The van der Waals surface area contributed by atoms with Gasteiger partial charge >= 0.3 is 0 Å². The van der Waals surface area contributed by atoms with Gasteiger partial charge in [-0.2, -0.15) is 0 Å². The summed E-state index contributed by atoms with van der Waals surface area (Å²) in [5, 5.41) is 0. The highest BCUT2D eigenvalue weighted by molar-refractivity contribution is 8.59.